The van der Waals surface area contributed by atoms with Crippen molar-refractivity contribution in [1.82, 2.24) is 9.97 Å². The summed E-state index contributed by atoms with van der Waals surface area (Å²) in [7, 11) is 0. The van der Waals surface area contributed by atoms with E-state index in [4.69, 9.17) is 16.3 Å². The van der Waals surface area contributed by atoms with Gasteiger partial charge in [0.15, 0.2) is 0 Å². The Labute approximate surface area is 98.8 Å². The molecule has 1 fully saturated rings. The third kappa shape index (κ3) is 3.04. The standard InChI is InChI=1S/C10H14ClN3O2/c11-8-5-9(14-7-13-8)12-6-10(15)1-3-16-4-2-10/h5,7,15H,1-4,6H2,(H,12,13,14). The number of rotatable bonds is 3. The van der Waals surface area contributed by atoms with Crippen molar-refractivity contribution in [3.63, 3.8) is 0 Å². The zero-order valence-electron chi connectivity index (χ0n) is 8.82. The molecule has 0 aromatic carbocycles. The first kappa shape index (κ1) is 11.6. The van der Waals surface area contributed by atoms with E-state index in [9.17, 15) is 5.11 Å². The maximum Gasteiger partial charge on any atom is 0.134 e. The monoisotopic (exact) mass is 243 g/mol. The van der Waals surface area contributed by atoms with E-state index in [2.05, 4.69) is 15.3 Å². The Morgan fingerprint density at radius 1 is 1.44 bits per heavy atom. The molecule has 2 N–H and O–H groups in total. The maximum atomic E-state index is 10.2. The Kier molecular flexibility index (Phi) is 3.58. The summed E-state index contributed by atoms with van der Waals surface area (Å²) in [5.41, 5.74) is -0.713. The van der Waals surface area contributed by atoms with Gasteiger partial charge in [0.25, 0.3) is 0 Å². The summed E-state index contributed by atoms with van der Waals surface area (Å²) in [5.74, 6) is 0.625. The highest BCUT2D eigenvalue weighted by atomic mass is 35.5. The first-order chi connectivity index (χ1) is 7.68. The van der Waals surface area contributed by atoms with Crippen LogP contribution in [0, 0.1) is 0 Å². The molecular formula is C10H14ClN3O2. The molecule has 0 bridgehead atoms. The lowest BCUT2D eigenvalue weighted by Gasteiger charge is -2.32. The number of nitrogens with zero attached hydrogens (tertiary/aromatic N) is 2. The summed E-state index contributed by atoms with van der Waals surface area (Å²) < 4.78 is 5.20. The van der Waals surface area contributed by atoms with Crippen molar-refractivity contribution in [2.45, 2.75) is 18.4 Å². The highest BCUT2D eigenvalue weighted by Crippen LogP contribution is 2.21. The zero-order valence-corrected chi connectivity index (χ0v) is 9.57. The molecule has 2 rings (SSSR count). The second kappa shape index (κ2) is 4.95. The van der Waals surface area contributed by atoms with Crippen LogP contribution in [0.3, 0.4) is 0 Å². The van der Waals surface area contributed by atoms with Crippen molar-refractivity contribution >= 4 is 17.4 Å². The van der Waals surface area contributed by atoms with Crippen LogP contribution in [0.4, 0.5) is 5.82 Å². The van der Waals surface area contributed by atoms with Crippen molar-refractivity contribution in [3.8, 4) is 0 Å². The Morgan fingerprint density at radius 2 is 2.19 bits per heavy atom. The molecule has 0 amide bonds. The lowest BCUT2D eigenvalue weighted by molar-refractivity contribution is -0.0543. The maximum absolute atomic E-state index is 10.2. The van der Waals surface area contributed by atoms with Gasteiger partial charge in [-0.1, -0.05) is 11.6 Å². The summed E-state index contributed by atoms with van der Waals surface area (Å²) >= 11 is 5.73. The van der Waals surface area contributed by atoms with Crippen LogP contribution in [0.2, 0.25) is 5.15 Å². The molecule has 0 atom stereocenters. The Morgan fingerprint density at radius 3 is 2.88 bits per heavy atom. The minimum Gasteiger partial charge on any atom is -0.388 e. The smallest absolute Gasteiger partial charge is 0.134 e. The fraction of sp³-hybridized carbons (Fsp3) is 0.600. The molecule has 0 aliphatic carbocycles. The summed E-state index contributed by atoms with van der Waals surface area (Å²) in [6, 6.07) is 1.63. The fourth-order valence-electron chi connectivity index (χ4n) is 1.61. The highest BCUT2D eigenvalue weighted by Gasteiger charge is 2.29. The number of aromatic nitrogens is 2. The number of hydrogen-bond donors (Lipinski definition) is 2. The minimum absolute atomic E-state index is 0.386. The second-order valence-corrected chi connectivity index (χ2v) is 4.30. The van der Waals surface area contributed by atoms with Crippen LogP contribution in [0.15, 0.2) is 12.4 Å². The van der Waals surface area contributed by atoms with Gasteiger partial charge in [0, 0.05) is 38.7 Å². The average Bonchev–Trinajstić information content (AvgIpc) is 2.28. The molecule has 1 aliphatic rings. The van der Waals surface area contributed by atoms with Gasteiger partial charge < -0.3 is 15.2 Å². The number of nitrogens with one attached hydrogen (secondary N) is 1. The Bertz CT molecular complexity index is 356. The van der Waals surface area contributed by atoms with Gasteiger partial charge in [-0.15, -0.1) is 0 Å². The van der Waals surface area contributed by atoms with Crippen LogP contribution < -0.4 is 5.32 Å². The van der Waals surface area contributed by atoms with Gasteiger partial charge >= 0.3 is 0 Å². The first-order valence-electron chi connectivity index (χ1n) is 5.20. The van der Waals surface area contributed by atoms with Crippen molar-refractivity contribution in [2.24, 2.45) is 0 Å². The van der Waals surface area contributed by atoms with Crippen LogP contribution >= 0.6 is 11.6 Å². The van der Waals surface area contributed by atoms with E-state index in [1.54, 1.807) is 6.07 Å². The van der Waals surface area contributed by atoms with Gasteiger partial charge in [-0.05, 0) is 0 Å². The molecule has 2 heterocycles. The van der Waals surface area contributed by atoms with E-state index in [0.29, 0.717) is 43.6 Å². The van der Waals surface area contributed by atoms with E-state index in [1.165, 1.54) is 6.33 Å². The highest BCUT2D eigenvalue weighted by molar-refractivity contribution is 6.29. The van der Waals surface area contributed by atoms with Crippen LogP contribution in [-0.2, 0) is 4.74 Å². The largest absolute Gasteiger partial charge is 0.388 e. The second-order valence-electron chi connectivity index (χ2n) is 3.92. The molecule has 1 aromatic rings. The molecule has 6 heteroatoms. The summed E-state index contributed by atoms with van der Waals surface area (Å²) in [6.45, 7) is 1.65. The SMILES string of the molecule is OC1(CNc2cc(Cl)ncn2)CCOCC1. The summed E-state index contributed by atoms with van der Waals surface area (Å²) in [5, 5.41) is 13.6. The molecule has 1 aliphatic heterocycles. The molecule has 16 heavy (non-hydrogen) atoms. The molecule has 1 saturated heterocycles. The van der Waals surface area contributed by atoms with Crippen molar-refractivity contribution in [3.05, 3.63) is 17.5 Å². The molecule has 0 radical (unpaired) electrons. The van der Waals surface area contributed by atoms with E-state index in [-0.39, 0.29) is 0 Å². The molecule has 0 unspecified atom stereocenters. The average molecular weight is 244 g/mol. The predicted molar refractivity (Wildman–Crippen MR) is 60.5 cm³/mol. The van der Waals surface area contributed by atoms with E-state index < -0.39 is 5.60 Å². The predicted octanol–water partition coefficient (Wildman–Crippen LogP) is 1.08. The molecule has 0 spiro atoms. The quantitative estimate of drug-likeness (QED) is 0.778. The van der Waals surface area contributed by atoms with Gasteiger partial charge in [0.1, 0.15) is 17.3 Å². The van der Waals surface area contributed by atoms with E-state index in [1.807, 2.05) is 0 Å². The zero-order chi connectivity index (χ0) is 11.4. The molecule has 0 saturated carbocycles. The molecule has 88 valence electrons. The number of hydrogen-bond acceptors (Lipinski definition) is 5. The van der Waals surface area contributed by atoms with E-state index >= 15 is 0 Å². The van der Waals surface area contributed by atoms with Gasteiger partial charge in [-0.2, -0.15) is 0 Å². The van der Waals surface area contributed by atoms with Crippen LogP contribution in [0.25, 0.3) is 0 Å². The van der Waals surface area contributed by atoms with E-state index in [0.717, 1.165) is 0 Å². The Hall–Kier alpha value is -0.910. The fourth-order valence-corrected chi connectivity index (χ4v) is 1.76. The van der Waals surface area contributed by atoms with Crippen molar-refractivity contribution in [2.75, 3.05) is 25.1 Å². The van der Waals surface area contributed by atoms with Crippen molar-refractivity contribution in [1.29, 1.82) is 0 Å². The Balaban J connectivity index is 1.91. The molecular weight excluding hydrogens is 230 g/mol. The van der Waals surface area contributed by atoms with Gasteiger partial charge in [0.2, 0.25) is 0 Å². The lowest BCUT2D eigenvalue weighted by atomic mass is 9.94. The summed E-state index contributed by atoms with van der Waals surface area (Å²) in [4.78, 5) is 7.79. The third-order valence-electron chi connectivity index (χ3n) is 2.66. The summed E-state index contributed by atoms with van der Waals surface area (Å²) in [6.07, 6.45) is 2.66. The normalized spacial score (nSPS) is 19.4. The lowest BCUT2D eigenvalue weighted by Crippen LogP contribution is -2.42. The molecule has 5 nitrogen and oxygen atoms in total. The number of ether oxygens (including phenoxy) is 1. The van der Waals surface area contributed by atoms with Gasteiger partial charge in [-0.25, -0.2) is 9.97 Å². The third-order valence-corrected chi connectivity index (χ3v) is 2.86. The first-order valence-corrected chi connectivity index (χ1v) is 5.57. The van der Waals surface area contributed by atoms with Gasteiger partial charge in [-0.3, -0.25) is 0 Å². The van der Waals surface area contributed by atoms with Crippen LogP contribution in [0.1, 0.15) is 12.8 Å². The number of anilines is 1. The van der Waals surface area contributed by atoms with Crippen LogP contribution in [-0.4, -0.2) is 40.4 Å². The topological polar surface area (TPSA) is 67.3 Å². The van der Waals surface area contributed by atoms with Gasteiger partial charge in [0.05, 0.1) is 5.60 Å². The number of halogens is 1. The molecule has 1 aromatic heterocycles. The number of aliphatic hydroxyl groups is 1. The van der Waals surface area contributed by atoms with Crippen LogP contribution in [0.5, 0.6) is 0 Å². The minimum atomic E-state index is -0.713. The van der Waals surface area contributed by atoms with Crippen molar-refractivity contribution < 1.29 is 9.84 Å².